The van der Waals surface area contributed by atoms with Crippen LogP contribution >= 0.6 is 11.6 Å². The number of methoxy groups -OCH3 is 1. The first-order chi connectivity index (χ1) is 9.60. The van der Waals surface area contributed by atoms with Crippen LogP contribution in [-0.2, 0) is 6.54 Å². The predicted molar refractivity (Wildman–Crippen MR) is 82.5 cm³/mol. The SMILES string of the molecule is COc1cc(Cl)cc(CNCC2CCCC(C)C2)c1O. The van der Waals surface area contributed by atoms with Crippen molar-refractivity contribution in [3.8, 4) is 11.5 Å². The molecule has 2 N–H and O–H groups in total. The van der Waals surface area contributed by atoms with Gasteiger partial charge in [0.15, 0.2) is 11.5 Å². The van der Waals surface area contributed by atoms with Crippen molar-refractivity contribution in [3.63, 3.8) is 0 Å². The van der Waals surface area contributed by atoms with Crippen LogP contribution in [0.3, 0.4) is 0 Å². The maximum atomic E-state index is 10.1. The molecule has 0 aromatic heterocycles. The molecule has 0 saturated heterocycles. The van der Waals surface area contributed by atoms with Gasteiger partial charge in [0.2, 0.25) is 0 Å². The fraction of sp³-hybridized carbons (Fsp3) is 0.625. The van der Waals surface area contributed by atoms with Crippen LogP contribution in [0.4, 0.5) is 0 Å². The highest BCUT2D eigenvalue weighted by Gasteiger charge is 2.18. The monoisotopic (exact) mass is 297 g/mol. The van der Waals surface area contributed by atoms with Crippen LogP contribution in [-0.4, -0.2) is 18.8 Å². The second kappa shape index (κ2) is 7.19. The highest BCUT2D eigenvalue weighted by atomic mass is 35.5. The minimum absolute atomic E-state index is 0.182. The summed E-state index contributed by atoms with van der Waals surface area (Å²) in [5.41, 5.74) is 0.790. The smallest absolute Gasteiger partial charge is 0.162 e. The molecule has 1 saturated carbocycles. The number of nitrogens with one attached hydrogen (secondary N) is 1. The van der Waals surface area contributed by atoms with Gasteiger partial charge in [-0.2, -0.15) is 0 Å². The van der Waals surface area contributed by atoms with Crippen molar-refractivity contribution in [1.82, 2.24) is 5.32 Å². The fourth-order valence-corrected chi connectivity index (χ4v) is 3.31. The Morgan fingerprint density at radius 3 is 2.90 bits per heavy atom. The van der Waals surface area contributed by atoms with Crippen LogP contribution in [0, 0.1) is 11.8 Å². The van der Waals surface area contributed by atoms with E-state index in [2.05, 4.69) is 12.2 Å². The van der Waals surface area contributed by atoms with Crippen LogP contribution in [0.1, 0.15) is 38.2 Å². The second-order valence-electron chi connectivity index (χ2n) is 5.88. The highest BCUT2D eigenvalue weighted by Crippen LogP contribution is 2.33. The van der Waals surface area contributed by atoms with E-state index in [1.807, 2.05) is 0 Å². The number of benzene rings is 1. The Hall–Kier alpha value is -0.930. The number of hydrogen-bond donors (Lipinski definition) is 2. The Balaban J connectivity index is 1.89. The van der Waals surface area contributed by atoms with Crippen LogP contribution in [0.5, 0.6) is 11.5 Å². The first kappa shape index (κ1) is 15.5. The van der Waals surface area contributed by atoms with Gasteiger partial charge in [0, 0.05) is 23.2 Å². The summed E-state index contributed by atoms with van der Waals surface area (Å²) < 4.78 is 5.11. The van der Waals surface area contributed by atoms with E-state index >= 15 is 0 Å². The van der Waals surface area contributed by atoms with Crippen LogP contribution in [0.2, 0.25) is 5.02 Å². The van der Waals surface area contributed by atoms with E-state index in [9.17, 15) is 5.11 Å². The molecule has 1 aliphatic rings. The highest BCUT2D eigenvalue weighted by molar-refractivity contribution is 6.30. The Bertz CT molecular complexity index is 450. The number of ether oxygens (including phenoxy) is 1. The van der Waals surface area contributed by atoms with Gasteiger partial charge in [0.05, 0.1) is 7.11 Å². The second-order valence-corrected chi connectivity index (χ2v) is 6.32. The Morgan fingerprint density at radius 2 is 2.20 bits per heavy atom. The van der Waals surface area contributed by atoms with E-state index in [0.29, 0.717) is 17.3 Å². The van der Waals surface area contributed by atoms with Gasteiger partial charge in [-0.25, -0.2) is 0 Å². The van der Waals surface area contributed by atoms with E-state index in [1.165, 1.54) is 32.8 Å². The molecule has 4 heteroatoms. The minimum Gasteiger partial charge on any atom is -0.504 e. The summed E-state index contributed by atoms with van der Waals surface area (Å²) in [6, 6.07) is 3.42. The van der Waals surface area contributed by atoms with Crippen molar-refractivity contribution in [2.75, 3.05) is 13.7 Å². The fourth-order valence-electron chi connectivity index (χ4n) is 3.07. The van der Waals surface area contributed by atoms with Gasteiger partial charge in [-0.15, -0.1) is 0 Å². The summed E-state index contributed by atoms with van der Waals surface area (Å²) in [6.45, 7) is 3.95. The van der Waals surface area contributed by atoms with E-state index < -0.39 is 0 Å². The van der Waals surface area contributed by atoms with Gasteiger partial charge < -0.3 is 15.2 Å². The van der Waals surface area contributed by atoms with Crippen molar-refractivity contribution in [3.05, 3.63) is 22.7 Å². The van der Waals surface area contributed by atoms with Gasteiger partial charge in [-0.3, -0.25) is 0 Å². The average molecular weight is 298 g/mol. The Kier molecular flexibility index (Phi) is 5.55. The van der Waals surface area contributed by atoms with Gasteiger partial charge in [0.25, 0.3) is 0 Å². The van der Waals surface area contributed by atoms with Gasteiger partial charge in [0.1, 0.15) is 0 Å². The molecule has 0 spiro atoms. The van der Waals surface area contributed by atoms with Crippen LogP contribution in [0.15, 0.2) is 12.1 Å². The molecule has 1 aromatic carbocycles. The van der Waals surface area contributed by atoms with Crippen molar-refractivity contribution < 1.29 is 9.84 Å². The zero-order chi connectivity index (χ0) is 14.5. The van der Waals surface area contributed by atoms with Crippen molar-refractivity contribution >= 4 is 11.6 Å². The summed E-state index contributed by atoms with van der Waals surface area (Å²) in [6.07, 6.45) is 5.31. The first-order valence-corrected chi connectivity index (χ1v) is 7.74. The molecule has 0 bridgehead atoms. The lowest BCUT2D eigenvalue weighted by Crippen LogP contribution is -2.26. The molecule has 2 unspecified atom stereocenters. The van der Waals surface area contributed by atoms with Crippen LogP contribution < -0.4 is 10.1 Å². The lowest BCUT2D eigenvalue weighted by Gasteiger charge is -2.27. The average Bonchev–Trinajstić information content (AvgIpc) is 2.42. The lowest BCUT2D eigenvalue weighted by molar-refractivity contribution is 0.273. The van der Waals surface area contributed by atoms with E-state index in [4.69, 9.17) is 16.3 Å². The molecule has 0 aliphatic heterocycles. The molecule has 3 nitrogen and oxygen atoms in total. The summed E-state index contributed by atoms with van der Waals surface area (Å²) >= 11 is 6.03. The molecule has 20 heavy (non-hydrogen) atoms. The first-order valence-electron chi connectivity index (χ1n) is 7.36. The number of aromatic hydroxyl groups is 1. The summed E-state index contributed by atoms with van der Waals surface area (Å²) in [7, 11) is 1.53. The summed E-state index contributed by atoms with van der Waals surface area (Å²) in [5, 5.41) is 14.1. The normalized spacial score (nSPS) is 22.8. The number of halogens is 1. The molecule has 0 radical (unpaired) electrons. The molecule has 2 atom stereocenters. The Morgan fingerprint density at radius 1 is 1.40 bits per heavy atom. The maximum Gasteiger partial charge on any atom is 0.162 e. The molecule has 0 heterocycles. The summed E-state index contributed by atoms with van der Waals surface area (Å²) in [4.78, 5) is 0. The third-order valence-corrected chi connectivity index (χ3v) is 4.35. The molecule has 1 aromatic rings. The van der Waals surface area contributed by atoms with Crippen molar-refractivity contribution in [2.24, 2.45) is 11.8 Å². The molecule has 0 amide bonds. The molecular formula is C16H24ClNO2. The third-order valence-electron chi connectivity index (χ3n) is 4.13. The number of rotatable bonds is 5. The zero-order valence-electron chi connectivity index (χ0n) is 12.3. The Labute approximate surface area is 126 Å². The molecule has 2 rings (SSSR count). The zero-order valence-corrected chi connectivity index (χ0v) is 13.0. The molecule has 112 valence electrons. The molecular weight excluding hydrogens is 274 g/mol. The van der Waals surface area contributed by atoms with Gasteiger partial charge in [-0.1, -0.05) is 31.4 Å². The standard InChI is InChI=1S/C16H24ClNO2/c1-11-4-3-5-12(6-11)9-18-10-13-7-14(17)8-15(20-2)16(13)19/h7-8,11-12,18-19H,3-6,9-10H2,1-2H3. The predicted octanol–water partition coefficient (Wildman–Crippen LogP) is 3.97. The summed E-state index contributed by atoms with van der Waals surface area (Å²) in [5.74, 6) is 2.21. The van der Waals surface area contributed by atoms with E-state index in [0.717, 1.165) is 23.9 Å². The van der Waals surface area contributed by atoms with Gasteiger partial charge in [-0.05, 0) is 37.3 Å². The van der Waals surface area contributed by atoms with Crippen molar-refractivity contribution in [1.29, 1.82) is 0 Å². The quantitative estimate of drug-likeness (QED) is 0.864. The maximum absolute atomic E-state index is 10.1. The molecule has 1 fully saturated rings. The number of phenols is 1. The number of phenolic OH excluding ortho intramolecular Hbond substituents is 1. The third kappa shape index (κ3) is 4.03. The van der Waals surface area contributed by atoms with E-state index in [-0.39, 0.29) is 5.75 Å². The minimum atomic E-state index is 0.182. The lowest BCUT2D eigenvalue weighted by atomic mass is 9.82. The largest absolute Gasteiger partial charge is 0.504 e. The topological polar surface area (TPSA) is 41.5 Å². The van der Waals surface area contributed by atoms with Crippen LogP contribution in [0.25, 0.3) is 0 Å². The van der Waals surface area contributed by atoms with Gasteiger partial charge >= 0.3 is 0 Å². The molecule has 1 aliphatic carbocycles. The van der Waals surface area contributed by atoms with Crippen molar-refractivity contribution in [2.45, 2.75) is 39.2 Å². The van der Waals surface area contributed by atoms with E-state index in [1.54, 1.807) is 12.1 Å². The number of hydrogen-bond acceptors (Lipinski definition) is 3.